The monoisotopic (exact) mass is 468 g/mol. The molecule has 0 spiro atoms. The number of benzene rings is 2. The molecule has 8 heteroatoms. The average molecular weight is 469 g/mol. The third-order valence-electron chi connectivity index (χ3n) is 4.41. The molecule has 0 saturated carbocycles. The van der Waals surface area contributed by atoms with Crippen molar-refractivity contribution in [3.8, 4) is 0 Å². The number of sulfonamides is 1. The maximum absolute atomic E-state index is 12.2. The molecule has 0 aromatic heterocycles. The summed E-state index contributed by atoms with van der Waals surface area (Å²) in [6.45, 7) is 4.75. The third-order valence-corrected chi connectivity index (χ3v) is 6.89. The van der Waals surface area contributed by atoms with Crippen LogP contribution in [0.25, 0.3) is 0 Å². The van der Waals surface area contributed by atoms with Crippen molar-refractivity contribution in [3.05, 3.63) is 64.2 Å². The first kappa shape index (κ1) is 24.6. The van der Waals surface area contributed by atoms with Gasteiger partial charge in [-0.1, -0.05) is 29.8 Å². The van der Waals surface area contributed by atoms with Gasteiger partial charge in [0.2, 0.25) is 15.9 Å². The van der Waals surface area contributed by atoms with Gasteiger partial charge < -0.3 is 5.32 Å². The summed E-state index contributed by atoms with van der Waals surface area (Å²) in [7, 11) is -3.41. The van der Waals surface area contributed by atoms with E-state index < -0.39 is 10.0 Å². The molecule has 0 aliphatic rings. The molecule has 1 amide bonds. The molecule has 1 N–H and O–H groups in total. The summed E-state index contributed by atoms with van der Waals surface area (Å²) in [5.41, 5.74) is 3.86. The minimum absolute atomic E-state index is 0.0593. The number of hydrogen-bond acceptors (Lipinski definition) is 4. The Morgan fingerprint density at radius 2 is 1.73 bits per heavy atom. The second-order valence-corrected chi connectivity index (χ2v) is 10.8. The van der Waals surface area contributed by atoms with Crippen molar-refractivity contribution in [1.82, 2.24) is 5.32 Å². The number of thioether (sulfide) groups is 1. The highest BCUT2D eigenvalue weighted by atomic mass is 35.5. The maximum Gasteiger partial charge on any atom is 0.232 e. The summed E-state index contributed by atoms with van der Waals surface area (Å²) in [5.74, 6) is 1.62. The van der Waals surface area contributed by atoms with Crippen LogP contribution in [-0.2, 0) is 20.6 Å². The maximum atomic E-state index is 12.2. The highest BCUT2D eigenvalue weighted by Gasteiger charge is 2.18. The van der Waals surface area contributed by atoms with Gasteiger partial charge in [0, 0.05) is 36.0 Å². The zero-order valence-corrected chi connectivity index (χ0v) is 20.0. The third kappa shape index (κ3) is 8.58. The first-order valence-corrected chi connectivity index (χ1v) is 13.2. The summed E-state index contributed by atoms with van der Waals surface area (Å²) >= 11 is 7.62. The predicted molar refractivity (Wildman–Crippen MR) is 128 cm³/mol. The molecule has 2 rings (SSSR count). The lowest BCUT2D eigenvalue weighted by atomic mass is 10.1. The predicted octanol–water partition coefficient (Wildman–Crippen LogP) is 4.55. The standard InChI is InChI=1S/C22H29ClN2O3S2/c1-17-13-18(2)15-21(14-17)25(30(3,27)28)11-4-5-22(26)24-10-12-29-16-19-6-8-20(23)9-7-19/h6-9,13-15H,4-5,10-12,16H2,1-3H3,(H,24,26). The Hall–Kier alpha value is -1.70. The molecule has 0 fully saturated rings. The lowest BCUT2D eigenvalue weighted by Gasteiger charge is -2.23. The molecule has 0 bridgehead atoms. The number of amides is 1. The molecule has 0 atom stereocenters. The molecular weight excluding hydrogens is 440 g/mol. The number of carbonyl (C=O) groups is 1. The molecule has 5 nitrogen and oxygen atoms in total. The van der Waals surface area contributed by atoms with Gasteiger partial charge >= 0.3 is 0 Å². The fraction of sp³-hybridized carbons (Fsp3) is 0.409. The van der Waals surface area contributed by atoms with Crippen LogP contribution < -0.4 is 9.62 Å². The molecule has 0 unspecified atom stereocenters. The molecule has 0 saturated heterocycles. The Kier molecular flexibility index (Phi) is 9.52. The fourth-order valence-corrected chi connectivity index (χ4v) is 4.98. The van der Waals surface area contributed by atoms with Crippen molar-refractivity contribution in [2.45, 2.75) is 32.4 Å². The van der Waals surface area contributed by atoms with Gasteiger partial charge in [-0.2, -0.15) is 11.8 Å². The zero-order valence-electron chi connectivity index (χ0n) is 17.7. The SMILES string of the molecule is Cc1cc(C)cc(N(CCCC(=O)NCCSCc2ccc(Cl)cc2)S(C)(=O)=O)c1. The normalized spacial score (nSPS) is 11.3. The van der Waals surface area contributed by atoms with E-state index in [0.717, 1.165) is 27.7 Å². The second-order valence-electron chi connectivity index (χ2n) is 7.31. The fourth-order valence-electron chi connectivity index (χ4n) is 3.09. The topological polar surface area (TPSA) is 66.5 Å². The molecule has 30 heavy (non-hydrogen) atoms. The summed E-state index contributed by atoms with van der Waals surface area (Å²) < 4.78 is 25.8. The van der Waals surface area contributed by atoms with E-state index in [2.05, 4.69) is 5.32 Å². The van der Waals surface area contributed by atoms with E-state index in [1.807, 2.05) is 56.3 Å². The Morgan fingerprint density at radius 1 is 1.10 bits per heavy atom. The molecule has 0 aliphatic carbocycles. The number of aryl methyl sites for hydroxylation is 2. The van der Waals surface area contributed by atoms with Crippen LogP contribution in [0.5, 0.6) is 0 Å². The van der Waals surface area contributed by atoms with E-state index in [0.29, 0.717) is 25.1 Å². The van der Waals surface area contributed by atoms with Gasteiger partial charge in [0.25, 0.3) is 0 Å². The average Bonchev–Trinajstić information content (AvgIpc) is 2.64. The van der Waals surface area contributed by atoms with E-state index in [-0.39, 0.29) is 12.5 Å². The van der Waals surface area contributed by atoms with Gasteiger partial charge in [-0.05, 0) is 61.2 Å². The molecule has 2 aromatic rings. The molecule has 0 radical (unpaired) electrons. The second kappa shape index (κ2) is 11.6. The van der Waals surface area contributed by atoms with Crippen molar-refractivity contribution in [2.75, 3.05) is 29.4 Å². The molecular formula is C22H29ClN2O3S2. The number of carbonyl (C=O) groups excluding carboxylic acids is 1. The number of nitrogens with one attached hydrogen (secondary N) is 1. The van der Waals surface area contributed by atoms with Crippen LogP contribution in [0.1, 0.15) is 29.5 Å². The summed E-state index contributed by atoms with van der Waals surface area (Å²) in [4.78, 5) is 12.1. The van der Waals surface area contributed by atoms with Crippen LogP contribution in [0.4, 0.5) is 5.69 Å². The Labute approximate surface area is 189 Å². The van der Waals surface area contributed by atoms with Crippen LogP contribution in [0.2, 0.25) is 5.02 Å². The number of rotatable bonds is 11. The molecule has 0 heterocycles. The van der Waals surface area contributed by atoms with E-state index in [1.165, 1.54) is 16.1 Å². The van der Waals surface area contributed by atoms with Crippen LogP contribution in [-0.4, -0.2) is 39.4 Å². The lowest BCUT2D eigenvalue weighted by Crippen LogP contribution is -2.32. The van der Waals surface area contributed by atoms with Gasteiger partial charge in [0.1, 0.15) is 0 Å². The van der Waals surface area contributed by atoms with Gasteiger partial charge in [-0.3, -0.25) is 9.10 Å². The van der Waals surface area contributed by atoms with Crippen LogP contribution in [0, 0.1) is 13.8 Å². The quantitative estimate of drug-likeness (QED) is 0.491. The zero-order chi connectivity index (χ0) is 22.1. The highest BCUT2D eigenvalue weighted by Crippen LogP contribution is 2.22. The van der Waals surface area contributed by atoms with Gasteiger partial charge in [0.05, 0.1) is 11.9 Å². The van der Waals surface area contributed by atoms with Crippen molar-refractivity contribution < 1.29 is 13.2 Å². The first-order valence-electron chi connectivity index (χ1n) is 9.80. The minimum atomic E-state index is -3.41. The number of nitrogens with zero attached hydrogens (tertiary/aromatic N) is 1. The molecule has 0 aliphatic heterocycles. The van der Waals surface area contributed by atoms with Crippen LogP contribution >= 0.6 is 23.4 Å². The van der Waals surface area contributed by atoms with E-state index in [1.54, 1.807) is 11.8 Å². The van der Waals surface area contributed by atoms with Gasteiger partial charge in [-0.25, -0.2) is 8.42 Å². The number of hydrogen-bond donors (Lipinski definition) is 1. The van der Waals surface area contributed by atoms with E-state index >= 15 is 0 Å². The highest BCUT2D eigenvalue weighted by molar-refractivity contribution is 7.98. The number of halogens is 1. The van der Waals surface area contributed by atoms with Gasteiger partial charge in [0.15, 0.2) is 0 Å². The van der Waals surface area contributed by atoms with E-state index in [4.69, 9.17) is 11.6 Å². The van der Waals surface area contributed by atoms with Crippen molar-refractivity contribution in [2.24, 2.45) is 0 Å². The number of anilines is 1. The molecule has 164 valence electrons. The summed E-state index contributed by atoms with van der Waals surface area (Å²) in [6.07, 6.45) is 1.95. The summed E-state index contributed by atoms with van der Waals surface area (Å²) in [5, 5.41) is 3.62. The Balaban J connectivity index is 1.73. The Morgan fingerprint density at radius 3 is 2.33 bits per heavy atom. The lowest BCUT2D eigenvalue weighted by molar-refractivity contribution is -0.121. The van der Waals surface area contributed by atoms with Crippen LogP contribution in [0.3, 0.4) is 0 Å². The van der Waals surface area contributed by atoms with Crippen molar-refractivity contribution >= 4 is 45.0 Å². The van der Waals surface area contributed by atoms with Crippen molar-refractivity contribution in [3.63, 3.8) is 0 Å². The smallest absolute Gasteiger partial charge is 0.232 e. The van der Waals surface area contributed by atoms with Gasteiger partial charge in [-0.15, -0.1) is 0 Å². The molecule has 2 aromatic carbocycles. The van der Waals surface area contributed by atoms with Crippen LogP contribution in [0.15, 0.2) is 42.5 Å². The van der Waals surface area contributed by atoms with Crippen molar-refractivity contribution in [1.29, 1.82) is 0 Å². The summed E-state index contributed by atoms with van der Waals surface area (Å²) in [6, 6.07) is 13.4. The Bertz CT molecular complexity index is 927. The largest absolute Gasteiger partial charge is 0.355 e. The first-order chi connectivity index (χ1) is 14.1. The minimum Gasteiger partial charge on any atom is -0.355 e. The van der Waals surface area contributed by atoms with E-state index in [9.17, 15) is 13.2 Å².